The maximum Gasteiger partial charge on any atom is 0.0948 e. The van der Waals surface area contributed by atoms with E-state index in [9.17, 15) is 5.11 Å². The molecule has 2 unspecified atom stereocenters. The van der Waals surface area contributed by atoms with E-state index in [0.29, 0.717) is 0 Å². The van der Waals surface area contributed by atoms with Gasteiger partial charge in [-0.15, -0.1) is 0 Å². The van der Waals surface area contributed by atoms with Gasteiger partial charge in [0.05, 0.1) is 11.7 Å². The number of hydrogen-bond acceptors (Lipinski definition) is 3. The zero-order valence-corrected chi connectivity index (χ0v) is 7.05. The van der Waals surface area contributed by atoms with Crippen LogP contribution < -0.4 is 5.73 Å². The minimum Gasteiger partial charge on any atom is -0.389 e. The normalized spacial score (nSPS) is 35.2. The molecule has 1 aliphatic heterocycles. The highest BCUT2D eigenvalue weighted by Crippen LogP contribution is 2.27. The molecule has 3 nitrogen and oxygen atoms in total. The van der Waals surface area contributed by atoms with Crippen LogP contribution in [0.4, 0.5) is 0 Å². The van der Waals surface area contributed by atoms with Gasteiger partial charge in [-0.25, -0.2) is 0 Å². The van der Waals surface area contributed by atoms with Gasteiger partial charge in [0.15, 0.2) is 0 Å². The quantitative estimate of drug-likeness (QED) is 0.608. The SMILES string of the molecule is CC1(C(O)CN)CCCCO1. The lowest BCUT2D eigenvalue weighted by atomic mass is 9.90. The van der Waals surface area contributed by atoms with Gasteiger partial charge < -0.3 is 15.6 Å². The molecule has 1 heterocycles. The van der Waals surface area contributed by atoms with E-state index in [-0.39, 0.29) is 12.1 Å². The second-order valence-corrected chi connectivity index (χ2v) is 3.37. The van der Waals surface area contributed by atoms with Gasteiger partial charge in [0.2, 0.25) is 0 Å². The van der Waals surface area contributed by atoms with Crippen LogP contribution in [-0.4, -0.2) is 30.0 Å². The summed E-state index contributed by atoms with van der Waals surface area (Å²) in [4.78, 5) is 0. The largest absolute Gasteiger partial charge is 0.389 e. The smallest absolute Gasteiger partial charge is 0.0948 e. The molecule has 0 radical (unpaired) electrons. The first-order chi connectivity index (χ1) is 5.19. The van der Waals surface area contributed by atoms with Crippen LogP contribution in [0.15, 0.2) is 0 Å². The summed E-state index contributed by atoms with van der Waals surface area (Å²) in [5.74, 6) is 0. The van der Waals surface area contributed by atoms with Gasteiger partial charge in [0, 0.05) is 13.2 Å². The highest BCUT2D eigenvalue weighted by atomic mass is 16.5. The molecule has 1 saturated heterocycles. The Kier molecular flexibility index (Phi) is 2.87. The Labute approximate surface area is 67.5 Å². The van der Waals surface area contributed by atoms with E-state index in [4.69, 9.17) is 10.5 Å². The first kappa shape index (κ1) is 8.97. The van der Waals surface area contributed by atoms with Crippen LogP contribution in [0.2, 0.25) is 0 Å². The molecule has 0 aromatic heterocycles. The molecule has 0 aliphatic carbocycles. The van der Waals surface area contributed by atoms with Crippen LogP contribution in [0.3, 0.4) is 0 Å². The number of aliphatic hydroxyl groups is 1. The van der Waals surface area contributed by atoms with Gasteiger partial charge in [-0.3, -0.25) is 0 Å². The molecule has 0 amide bonds. The molecule has 0 spiro atoms. The van der Waals surface area contributed by atoms with Gasteiger partial charge in [-0.1, -0.05) is 0 Å². The summed E-state index contributed by atoms with van der Waals surface area (Å²) in [7, 11) is 0. The molecule has 1 fully saturated rings. The van der Waals surface area contributed by atoms with E-state index in [0.717, 1.165) is 25.9 Å². The van der Waals surface area contributed by atoms with Crippen molar-refractivity contribution in [2.75, 3.05) is 13.2 Å². The minimum atomic E-state index is -0.511. The lowest BCUT2D eigenvalue weighted by Crippen LogP contribution is -2.48. The summed E-state index contributed by atoms with van der Waals surface area (Å²) < 4.78 is 5.49. The molecule has 0 aromatic rings. The van der Waals surface area contributed by atoms with Crippen molar-refractivity contribution in [3.63, 3.8) is 0 Å². The Morgan fingerprint density at radius 2 is 2.36 bits per heavy atom. The molecule has 1 aliphatic rings. The molecule has 66 valence electrons. The number of aliphatic hydroxyl groups excluding tert-OH is 1. The molecule has 0 bridgehead atoms. The van der Waals surface area contributed by atoms with Crippen molar-refractivity contribution in [3.05, 3.63) is 0 Å². The van der Waals surface area contributed by atoms with Crippen LogP contribution in [0.5, 0.6) is 0 Å². The average Bonchev–Trinajstić information content (AvgIpc) is 2.04. The fourth-order valence-electron chi connectivity index (χ4n) is 1.47. The van der Waals surface area contributed by atoms with Crippen molar-refractivity contribution < 1.29 is 9.84 Å². The van der Waals surface area contributed by atoms with E-state index >= 15 is 0 Å². The summed E-state index contributed by atoms with van der Waals surface area (Å²) in [5, 5.41) is 9.49. The number of rotatable bonds is 2. The van der Waals surface area contributed by atoms with Crippen molar-refractivity contribution in [2.24, 2.45) is 5.73 Å². The maximum atomic E-state index is 9.49. The van der Waals surface area contributed by atoms with Crippen LogP contribution in [0.1, 0.15) is 26.2 Å². The molecule has 11 heavy (non-hydrogen) atoms. The van der Waals surface area contributed by atoms with Crippen LogP contribution in [0, 0.1) is 0 Å². The molecule has 1 rings (SSSR count). The maximum absolute atomic E-state index is 9.49. The van der Waals surface area contributed by atoms with Crippen LogP contribution >= 0.6 is 0 Å². The zero-order valence-electron chi connectivity index (χ0n) is 7.05. The summed E-state index contributed by atoms with van der Waals surface area (Å²) in [6.07, 6.45) is 2.65. The Morgan fingerprint density at radius 3 is 2.82 bits per heavy atom. The van der Waals surface area contributed by atoms with Crippen molar-refractivity contribution in [1.82, 2.24) is 0 Å². The lowest BCUT2D eigenvalue weighted by Gasteiger charge is -2.37. The second kappa shape index (κ2) is 3.52. The van der Waals surface area contributed by atoms with Gasteiger partial charge in [-0.2, -0.15) is 0 Å². The molecule has 0 aromatic carbocycles. The molecular weight excluding hydrogens is 142 g/mol. The predicted molar refractivity (Wildman–Crippen MR) is 43.3 cm³/mol. The van der Waals surface area contributed by atoms with Gasteiger partial charge in [0.25, 0.3) is 0 Å². The van der Waals surface area contributed by atoms with Crippen molar-refractivity contribution in [1.29, 1.82) is 0 Å². The zero-order chi connectivity index (χ0) is 8.32. The molecule has 2 atom stereocenters. The Balaban J connectivity index is 2.49. The number of hydrogen-bond donors (Lipinski definition) is 2. The number of ether oxygens (including phenoxy) is 1. The summed E-state index contributed by atoms with van der Waals surface area (Å²) in [6, 6.07) is 0. The third kappa shape index (κ3) is 1.92. The van der Waals surface area contributed by atoms with Crippen LogP contribution in [0.25, 0.3) is 0 Å². The fraction of sp³-hybridized carbons (Fsp3) is 1.00. The molecular formula is C8H17NO2. The first-order valence-electron chi connectivity index (χ1n) is 4.21. The van der Waals surface area contributed by atoms with Crippen molar-refractivity contribution >= 4 is 0 Å². The van der Waals surface area contributed by atoms with E-state index in [1.54, 1.807) is 0 Å². The topological polar surface area (TPSA) is 55.5 Å². The lowest BCUT2D eigenvalue weighted by molar-refractivity contribution is -0.132. The first-order valence-corrected chi connectivity index (χ1v) is 4.21. The van der Waals surface area contributed by atoms with E-state index in [1.165, 1.54) is 0 Å². The highest BCUT2D eigenvalue weighted by Gasteiger charge is 2.34. The Hall–Kier alpha value is -0.120. The van der Waals surface area contributed by atoms with Crippen molar-refractivity contribution in [3.8, 4) is 0 Å². The fourth-order valence-corrected chi connectivity index (χ4v) is 1.47. The van der Waals surface area contributed by atoms with Crippen LogP contribution in [-0.2, 0) is 4.74 Å². The van der Waals surface area contributed by atoms with Gasteiger partial charge in [-0.05, 0) is 26.2 Å². The monoisotopic (exact) mass is 159 g/mol. The Bertz CT molecular complexity index is 121. The number of nitrogens with two attached hydrogens (primary N) is 1. The average molecular weight is 159 g/mol. The molecule has 3 N–H and O–H groups in total. The van der Waals surface area contributed by atoms with Gasteiger partial charge >= 0.3 is 0 Å². The van der Waals surface area contributed by atoms with E-state index < -0.39 is 6.10 Å². The van der Waals surface area contributed by atoms with Crippen molar-refractivity contribution in [2.45, 2.75) is 37.9 Å². The predicted octanol–water partition coefficient (Wildman–Crippen LogP) is 0.265. The Morgan fingerprint density at radius 1 is 1.64 bits per heavy atom. The summed E-state index contributed by atoms with van der Waals surface area (Å²) >= 11 is 0. The minimum absolute atomic E-state index is 0.288. The third-order valence-corrected chi connectivity index (χ3v) is 2.43. The molecule has 0 saturated carbocycles. The second-order valence-electron chi connectivity index (χ2n) is 3.37. The van der Waals surface area contributed by atoms with Gasteiger partial charge in [0.1, 0.15) is 0 Å². The van der Waals surface area contributed by atoms with E-state index in [1.807, 2.05) is 6.92 Å². The molecule has 3 heteroatoms. The standard InChI is InChI=1S/C8H17NO2/c1-8(7(10)6-9)4-2-3-5-11-8/h7,10H,2-6,9H2,1H3. The third-order valence-electron chi connectivity index (χ3n) is 2.43. The summed E-state index contributed by atoms with van der Waals surface area (Å²) in [5.41, 5.74) is 4.98. The highest BCUT2D eigenvalue weighted by molar-refractivity contribution is 4.86. The van der Waals surface area contributed by atoms with E-state index in [2.05, 4.69) is 0 Å². The summed E-state index contributed by atoms with van der Waals surface area (Å²) in [6.45, 7) is 2.98.